The van der Waals surface area contributed by atoms with Gasteiger partial charge in [0.2, 0.25) is 0 Å². The number of nitrogens with one attached hydrogen (secondary N) is 5. The normalized spacial score (nSPS) is 11.1. The molecule has 200 valence electrons. The molecule has 0 radical (unpaired) electrons. The van der Waals surface area contributed by atoms with Gasteiger partial charge >= 0.3 is 12.2 Å². The molecule has 3 aromatic rings. The summed E-state index contributed by atoms with van der Waals surface area (Å²) in [6.45, 7) is 0.843. The molecule has 5 N–H and O–H groups in total. The van der Waals surface area contributed by atoms with Crippen molar-refractivity contribution in [2.24, 2.45) is 0 Å². The van der Waals surface area contributed by atoms with Gasteiger partial charge in [-0.1, -0.05) is 59.6 Å². The van der Waals surface area contributed by atoms with Crippen LogP contribution in [-0.2, 0) is 6.54 Å². The molecule has 0 saturated carbocycles. The fourth-order valence-electron chi connectivity index (χ4n) is 3.51. The molecule has 12 heteroatoms. The molecule has 0 fully saturated rings. The number of carbonyl (C=O) groups is 1. The summed E-state index contributed by atoms with van der Waals surface area (Å²) in [5, 5.41) is 22.6. The summed E-state index contributed by atoms with van der Waals surface area (Å²) in [6, 6.07) is 14.0. The van der Waals surface area contributed by atoms with Gasteiger partial charge in [0.25, 0.3) is 5.56 Å². The van der Waals surface area contributed by atoms with E-state index in [9.17, 15) is 22.8 Å². The van der Waals surface area contributed by atoms with Gasteiger partial charge in [-0.05, 0) is 24.6 Å². The Balaban J connectivity index is 1.74. The number of aromatic amines is 1. The molecule has 2 aromatic carbocycles. The molecule has 0 bridgehead atoms. The van der Waals surface area contributed by atoms with E-state index in [-0.39, 0.29) is 29.1 Å². The Morgan fingerprint density at radius 2 is 1.76 bits per heavy atom. The van der Waals surface area contributed by atoms with Crippen molar-refractivity contribution in [3.05, 3.63) is 98.4 Å². The molecule has 2 amide bonds. The van der Waals surface area contributed by atoms with Crippen molar-refractivity contribution in [1.29, 1.82) is 10.8 Å². The highest BCUT2D eigenvalue weighted by Crippen LogP contribution is 2.21. The zero-order valence-electron chi connectivity index (χ0n) is 20.4. The van der Waals surface area contributed by atoms with Crippen LogP contribution in [0.4, 0.5) is 23.7 Å². The lowest BCUT2D eigenvalue weighted by atomic mass is 10.1. The second-order valence-electron chi connectivity index (χ2n) is 8.41. The van der Waals surface area contributed by atoms with E-state index < -0.39 is 43.1 Å². The average molecular weight is 547 g/mol. The first-order valence-corrected chi connectivity index (χ1v) is 11.9. The third kappa shape index (κ3) is 7.69. The summed E-state index contributed by atoms with van der Waals surface area (Å²) < 4.78 is 38.8. The number of nitrogens with zero attached hydrogens (tertiary/aromatic N) is 1. The molecule has 0 aliphatic carbocycles. The fourth-order valence-corrected chi connectivity index (χ4v) is 3.71. The molecule has 1 aromatic heterocycles. The quantitative estimate of drug-likeness (QED) is 0.184. The summed E-state index contributed by atoms with van der Waals surface area (Å²) in [6.07, 6.45) is -4.50. The third-order valence-electron chi connectivity index (χ3n) is 5.57. The van der Waals surface area contributed by atoms with Gasteiger partial charge in [-0.15, -0.1) is 0 Å². The summed E-state index contributed by atoms with van der Waals surface area (Å²) in [5.74, 6) is -0.406. The Kier molecular flexibility index (Phi) is 9.30. The Labute approximate surface area is 221 Å². The number of aromatic nitrogens is 1. The predicted octanol–water partition coefficient (Wildman–Crippen LogP) is 5.31. The van der Waals surface area contributed by atoms with Crippen LogP contribution in [0.25, 0.3) is 0 Å². The first kappa shape index (κ1) is 28.5. The van der Waals surface area contributed by atoms with E-state index in [1.165, 1.54) is 12.3 Å². The van der Waals surface area contributed by atoms with Crippen LogP contribution in [0.5, 0.6) is 0 Å². The smallest absolute Gasteiger partial charge is 0.376 e. The standard InChI is InChI=1S/C26H26ClF3N6O2/c1-16-6-8-17(9-7-16)23(32)36(13-11-26(28,29)30)25(38)35-15-21(31)19-10-12-33-24(37)22(19)34-14-18-4-2-3-5-20(18)27/h2-10,12,31-32,34H,11,13-15H2,1H3,(H,33,37)(H,35,38). The fraction of sp³-hybridized carbons (Fsp3) is 0.231. The Morgan fingerprint density at radius 3 is 2.42 bits per heavy atom. The lowest BCUT2D eigenvalue weighted by Gasteiger charge is -2.24. The summed E-state index contributed by atoms with van der Waals surface area (Å²) in [5.41, 5.74) is 1.48. The van der Waals surface area contributed by atoms with Crippen LogP contribution in [-0.4, -0.2) is 46.7 Å². The molecule has 0 atom stereocenters. The number of aryl methyl sites for hydroxylation is 1. The maximum Gasteiger partial charge on any atom is 0.390 e. The minimum absolute atomic E-state index is 0.0768. The van der Waals surface area contributed by atoms with E-state index >= 15 is 0 Å². The van der Waals surface area contributed by atoms with Crippen molar-refractivity contribution < 1.29 is 18.0 Å². The van der Waals surface area contributed by atoms with E-state index in [1.54, 1.807) is 48.5 Å². The maximum atomic E-state index is 12.9. The van der Waals surface area contributed by atoms with Crippen LogP contribution in [0.3, 0.4) is 0 Å². The number of benzene rings is 2. The van der Waals surface area contributed by atoms with Crippen LogP contribution in [0.15, 0.2) is 65.6 Å². The topological polar surface area (TPSA) is 125 Å². The van der Waals surface area contributed by atoms with Gasteiger partial charge in [-0.3, -0.25) is 15.1 Å². The number of amidine groups is 1. The molecule has 0 unspecified atom stereocenters. The Bertz CT molecular complexity index is 1370. The molecular weight excluding hydrogens is 521 g/mol. The number of hydrogen-bond donors (Lipinski definition) is 5. The van der Waals surface area contributed by atoms with E-state index in [0.29, 0.717) is 9.92 Å². The van der Waals surface area contributed by atoms with Gasteiger partial charge in [0.15, 0.2) is 0 Å². The third-order valence-corrected chi connectivity index (χ3v) is 5.94. The number of alkyl halides is 3. The number of rotatable bonds is 9. The highest BCUT2D eigenvalue weighted by molar-refractivity contribution is 6.31. The number of halogens is 4. The second kappa shape index (κ2) is 12.4. The highest BCUT2D eigenvalue weighted by atomic mass is 35.5. The van der Waals surface area contributed by atoms with Gasteiger partial charge < -0.3 is 21.0 Å². The number of carbonyl (C=O) groups excluding carboxylic acids is 1. The van der Waals surface area contributed by atoms with Crippen molar-refractivity contribution in [2.75, 3.05) is 18.4 Å². The van der Waals surface area contributed by atoms with Gasteiger partial charge in [0.1, 0.15) is 11.5 Å². The van der Waals surface area contributed by atoms with Crippen LogP contribution in [0, 0.1) is 17.7 Å². The molecule has 8 nitrogen and oxygen atoms in total. The Hall–Kier alpha value is -4.12. The number of amides is 2. The summed E-state index contributed by atoms with van der Waals surface area (Å²) in [7, 11) is 0. The number of anilines is 1. The zero-order chi connectivity index (χ0) is 27.9. The van der Waals surface area contributed by atoms with Crippen LogP contribution in [0.1, 0.15) is 28.7 Å². The van der Waals surface area contributed by atoms with E-state index in [4.69, 9.17) is 22.4 Å². The number of hydrogen-bond acceptors (Lipinski definition) is 5. The van der Waals surface area contributed by atoms with Gasteiger partial charge in [-0.2, -0.15) is 13.2 Å². The van der Waals surface area contributed by atoms with Crippen molar-refractivity contribution >= 4 is 34.9 Å². The molecular formula is C26H26ClF3N6O2. The summed E-state index contributed by atoms with van der Waals surface area (Å²) >= 11 is 6.17. The summed E-state index contributed by atoms with van der Waals surface area (Å²) in [4.78, 5) is 28.6. The lowest BCUT2D eigenvalue weighted by Crippen LogP contribution is -2.46. The van der Waals surface area contributed by atoms with Crippen LogP contribution >= 0.6 is 11.6 Å². The first-order chi connectivity index (χ1) is 18.0. The molecule has 0 saturated heterocycles. The Morgan fingerprint density at radius 1 is 1.08 bits per heavy atom. The van der Waals surface area contributed by atoms with Crippen molar-refractivity contribution in [3.63, 3.8) is 0 Å². The van der Waals surface area contributed by atoms with Gasteiger partial charge in [0, 0.05) is 35.4 Å². The minimum atomic E-state index is -4.54. The van der Waals surface area contributed by atoms with Crippen molar-refractivity contribution in [1.82, 2.24) is 15.2 Å². The predicted molar refractivity (Wildman–Crippen MR) is 141 cm³/mol. The van der Waals surface area contributed by atoms with Crippen molar-refractivity contribution in [3.8, 4) is 0 Å². The van der Waals surface area contributed by atoms with Gasteiger partial charge in [0.05, 0.1) is 18.7 Å². The van der Waals surface area contributed by atoms with E-state index in [2.05, 4.69) is 15.6 Å². The van der Waals surface area contributed by atoms with Crippen molar-refractivity contribution in [2.45, 2.75) is 26.1 Å². The first-order valence-electron chi connectivity index (χ1n) is 11.5. The highest BCUT2D eigenvalue weighted by Gasteiger charge is 2.31. The van der Waals surface area contributed by atoms with Gasteiger partial charge in [-0.25, -0.2) is 4.79 Å². The maximum absolute atomic E-state index is 12.9. The molecule has 0 aliphatic heterocycles. The lowest BCUT2D eigenvalue weighted by molar-refractivity contribution is -0.135. The largest absolute Gasteiger partial charge is 0.390 e. The molecule has 1 heterocycles. The SMILES string of the molecule is Cc1ccc(C(=N)N(CCC(F)(F)F)C(=O)NCC(=N)c2cc[nH]c(=O)c2NCc2ccccc2Cl)cc1. The van der Waals surface area contributed by atoms with Crippen LogP contribution < -0.4 is 16.2 Å². The number of urea groups is 1. The van der Waals surface area contributed by atoms with Crippen LogP contribution in [0.2, 0.25) is 5.02 Å². The number of pyridine rings is 1. The minimum Gasteiger partial charge on any atom is -0.376 e. The molecule has 0 aliphatic rings. The molecule has 0 spiro atoms. The number of H-pyrrole nitrogens is 1. The molecule has 3 rings (SSSR count). The monoisotopic (exact) mass is 546 g/mol. The van der Waals surface area contributed by atoms with E-state index in [1.807, 2.05) is 6.92 Å². The van der Waals surface area contributed by atoms with E-state index in [0.717, 1.165) is 11.1 Å². The molecule has 38 heavy (non-hydrogen) atoms. The second-order valence-corrected chi connectivity index (χ2v) is 8.82. The zero-order valence-corrected chi connectivity index (χ0v) is 21.1. The average Bonchev–Trinajstić information content (AvgIpc) is 2.87.